The van der Waals surface area contributed by atoms with Gasteiger partial charge in [-0.05, 0) is 30.3 Å². The van der Waals surface area contributed by atoms with E-state index in [-0.39, 0.29) is 5.91 Å². The van der Waals surface area contributed by atoms with Gasteiger partial charge >= 0.3 is 0 Å². The second kappa shape index (κ2) is 8.39. The van der Waals surface area contributed by atoms with Crippen LogP contribution in [0.15, 0.2) is 79.1 Å². The first-order chi connectivity index (χ1) is 14.2. The van der Waals surface area contributed by atoms with Crippen LogP contribution < -0.4 is 15.4 Å². The molecule has 0 aliphatic carbocycles. The van der Waals surface area contributed by atoms with Crippen molar-refractivity contribution >= 4 is 28.2 Å². The largest absolute Gasteiger partial charge is 0.496 e. The molecule has 0 unspecified atom stereocenters. The summed E-state index contributed by atoms with van der Waals surface area (Å²) in [6.07, 6.45) is 3.37. The first-order valence-corrected chi connectivity index (χ1v) is 9.21. The number of para-hydroxylation sites is 2. The van der Waals surface area contributed by atoms with Gasteiger partial charge in [0, 0.05) is 35.6 Å². The summed E-state index contributed by atoms with van der Waals surface area (Å²) >= 11 is 0. The highest BCUT2D eigenvalue weighted by molar-refractivity contribution is 5.95. The van der Waals surface area contributed by atoms with Crippen molar-refractivity contribution < 1.29 is 9.53 Å². The van der Waals surface area contributed by atoms with Crippen molar-refractivity contribution in [3.8, 4) is 5.75 Å². The molecular weight excluding hydrogens is 364 g/mol. The Labute approximate surface area is 168 Å². The van der Waals surface area contributed by atoms with Crippen LogP contribution in [0, 0.1) is 0 Å². The zero-order valence-electron chi connectivity index (χ0n) is 15.9. The van der Waals surface area contributed by atoms with E-state index < -0.39 is 0 Å². The lowest BCUT2D eigenvalue weighted by atomic mass is 10.2. The first-order valence-electron chi connectivity index (χ1n) is 9.21. The average molecular weight is 384 g/mol. The van der Waals surface area contributed by atoms with Crippen molar-refractivity contribution in [3.63, 3.8) is 0 Å². The molecule has 0 fully saturated rings. The van der Waals surface area contributed by atoms with E-state index in [1.165, 1.54) is 0 Å². The Balaban J connectivity index is 1.50. The third kappa shape index (κ3) is 4.16. The highest BCUT2D eigenvalue weighted by Gasteiger charge is 2.10. The van der Waals surface area contributed by atoms with Gasteiger partial charge in [0.1, 0.15) is 11.4 Å². The van der Waals surface area contributed by atoms with Crippen LogP contribution in [0.2, 0.25) is 0 Å². The van der Waals surface area contributed by atoms with Crippen LogP contribution in [-0.2, 0) is 6.54 Å². The molecule has 2 aromatic heterocycles. The molecule has 144 valence electrons. The fourth-order valence-corrected chi connectivity index (χ4v) is 3.11. The van der Waals surface area contributed by atoms with Crippen LogP contribution in [0.4, 0.5) is 11.4 Å². The number of benzene rings is 2. The molecular formula is C23H20N4O2. The summed E-state index contributed by atoms with van der Waals surface area (Å²) in [6, 6.07) is 21.0. The van der Waals surface area contributed by atoms with Crippen LogP contribution in [0.3, 0.4) is 0 Å². The van der Waals surface area contributed by atoms with Gasteiger partial charge in [0.15, 0.2) is 0 Å². The summed E-state index contributed by atoms with van der Waals surface area (Å²) in [5.41, 5.74) is 3.74. The minimum absolute atomic E-state index is 0.254. The maximum Gasteiger partial charge on any atom is 0.270 e. The van der Waals surface area contributed by atoms with Crippen molar-refractivity contribution in [2.75, 3.05) is 12.4 Å². The SMILES string of the molecule is COc1ccccc1CNC(=O)c1cc(Nc2cccc3cccnc23)ccn1. The minimum Gasteiger partial charge on any atom is -0.496 e. The van der Waals surface area contributed by atoms with Crippen molar-refractivity contribution in [1.82, 2.24) is 15.3 Å². The van der Waals surface area contributed by atoms with E-state index in [0.29, 0.717) is 12.2 Å². The fourth-order valence-electron chi connectivity index (χ4n) is 3.11. The maximum atomic E-state index is 12.6. The third-order valence-corrected chi connectivity index (χ3v) is 4.54. The predicted molar refractivity (Wildman–Crippen MR) is 113 cm³/mol. The van der Waals surface area contributed by atoms with Crippen LogP contribution in [0.1, 0.15) is 16.1 Å². The van der Waals surface area contributed by atoms with Crippen molar-refractivity contribution in [1.29, 1.82) is 0 Å². The Morgan fingerprint density at radius 1 is 0.966 bits per heavy atom. The third-order valence-electron chi connectivity index (χ3n) is 4.54. The number of carbonyl (C=O) groups excluding carboxylic acids is 1. The molecule has 6 heteroatoms. The number of nitrogens with one attached hydrogen (secondary N) is 2. The van der Waals surface area contributed by atoms with E-state index in [1.54, 1.807) is 25.6 Å². The number of hydrogen-bond acceptors (Lipinski definition) is 5. The van der Waals surface area contributed by atoms with Gasteiger partial charge in [-0.25, -0.2) is 0 Å². The summed E-state index contributed by atoms with van der Waals surface area (Å²) in [7, 11) is 1.61. The Kier molecular flexibility index (Phi) is 5.33. The number of nitrogens with zero attached hydrogens (tertiary/aromatic N) is 2. The van der Waals surface area contributed by atoms with Crippen LogP contribution in [0.5, 0.6) is 5.75 Å². The van der Waals surface area contributed by atoms with Gasteiger partial charge in [0.2, 0.25) is 0 Å². The Hall–Kier alpha value is -3.93. The molecule has 0 saturated carbocycles. The maximum absolute atomic E-state index is 12.6. The lowest BCUT2D eigenvalue weighted by Gasteiger charge is -2.11. The summed E-state index contributed by atoms with van der Waals surface area (Å²) in [5.74, 6) is 0.482. The Morgan fingerprint density at radius 3 is 2.72 bits per heavy atom. The molecule has 0 aliphatic rings. The molecule has 29 heavy (non-hydrogen) atoms. The number of pyridine rings is 2. The van der Waals surface area contributed by atoms with Gasteiger partial charge in [-0.15, -0.1) is 0 Å². The number of rotatable bonds is 6. The highest BCUT2D eigenvalue weighted by Crippen LogP contribution is 2.24. The van der Waals surface area contributed by atoms with Gasteiger partial charge in [-0.3, -0.25) is 14.8 Å². The zero-order valence-corrected chi connectivity index (χ0v) is 15.9. The van der Waals surface area contributed by atoms with Gasteiger partial charge in [0.05, 0.1) is 18.3 Å². The number of fused-ring (bicyclic) bond motifs is 1. The zero-order chi connectivity index (χ0) is 20.1. The summed E-state index contributed by atoms with van der Waals surface area (Å²) < 4.78 is 5.32. The molecule has 0 bridgehead atoms. The fraction of sp³-hybridized carbons (Fsp3) is 0.0870. The molecule has 1 amide bonds. The van der Waals surface area contributed by atoms with Crippen LogP contribution >= 0.6 is 0 Å². The van der Waals surface area contributed by atoms with Gasteiger partial charge in [-0.2, -0.15) is 0 Å². The molecule has 0 spiro atoms. The predicted octanol–water partition coefficient (Wildman–Crippen LogP) is 4.31. The second-order valence-corrected chi connectivity index (χ2v) is 6.43. The van der Waals surface area contributed by atoms with E-state index >= 15 is 0 Å². The lowest BCUT2D eigenvalue weighted by molar-refractivity contribution is 0.0945. The Morgan fingerprint density at radius 2 is 1.83 bits per heavy atom. The average Bonchev–Trinajstić information content (AvgIpc) is 2.78. The second-order valence-electron chi connectivity index (χ2n) is 6.43. The quantitative estimate of drug-likeness (QED) is 0.518. The van der Waals surface area contributed by atoms with Gasteiger partial charge < -0.3 is 15.4 Å². The van der Waals surface area contributed by atoms with Crippen LogP contribution in [-0.4, -0.2) is 23.0 Å². The summed E-state index contributed by atoms with van der Waals surface area (Å²) in [6.45, 7) is 0.357. The molecule has 4 aromatic rings. The molecule has 2 N–H and O–H groups in total. The smallest absolute Gasteiger partial charge is 0.270 e. The topological polar surface area (TPSA) is 76.1 Å². The van der Waals surface area contributed by atoms with Crippen molar-refractivity contribution in [2.45, 2.75) is 6.54 Å². The number of ether oxygens (including phenoxy) is 1. The monoisotopic (exact) mass is 384 g/mol. The molecule has 4 rings (SSSR count). The Bertz CT molecular complexity index is 1150. The lowest BCUT2D eigenvalue weighted by Crippen LogP contribution is -2.24. The normalized spacial score (nSPS) is 10.5. The number of hydrogen-bond donors (Lipinski definition) is 2. The molecule has 0 saturated heterocycles. The number of amides is 1. The summed E-state index contributed by atoms with van der Waals surface area (Å²) in [4.78, 5) is 21.2. The number of methoxy groups -OCH3 is 1. The van der Waals surface area contributed by atoms with E-state index in [9.17, 15) is 4.79 Å². The molecule has 0 atom stereocenters. The molecule has 0 aliphatic heterocycles. The van der Waals surface area contributed by atoms with Crippen molar-refractivity contribution in [3.05, 3.63) is 90.4 Å². The van der Waals surface area contributed by atoms with Gasteiger partial charge in [-0.1, -0.05) is 36.4 Å². The summed E-state index contributed by atoms with van der Waals surface area (Å²) in [5, 5.41) is 7.26. The number of anilines is 2. The van der Waals surface area contributed by atoms with Crippen molar-refractivity contribution in [2.24, 2.45) is 0 Å². The van der Waals surface area contributed by atoms with Crippen LogP contribution in [0.25, 0.3) is 10.9 Å². The highest BCUT2D eigenvalue weighted by atomic mass is 16.5. The number of aromatic nitrogens is 2. The standard InChI is InChI=1S/C23H20N4O2/c1-29-21-10-3-2-6-17(21)15-26-23(28)20-14-18(11-13-24-20)27-19-9-4-7-16-8-5-12-25-22(16)19/h2-14H,15H2,1H3,(H,24,27)(H,26,28). The van der Waals surface area contributed by atoms with E-state index in [0.717, 1.165) is 33.6 Å². The molecule has 6 nitrogen and oxygen atoms in total. The van der Waals surface area contributed by atoms with Gasteiger partial charge in [0.25, 0.3) is 5.91 Å². The van der Waals surface area contributed by atoms with E-state index in [1.807, 2.05) is 60.7 Å². The first kappa shape index (κ1) is 18.4. The van der Waals surface area contributed by atoms with E-state index in [4.69, 9.17) is 4.74 Å². The number of carbonyl (C=O) groups is 1. The molecule has 0 radical (unpaired) electrons. The van der Waals surface area contributed by atoms with E-state index in [2.05, 4.69) is 20.6 Å². The minimum atomic E-state index is -0.254. The molecule has 2 aromatic carbocycles. The molecule has 2 heterocycles.